The first kappa shape index (κ1) is 13.9. The van der Waals surface area contributed by atoms with Crippen molar-refractivity contribution in [3.8, 4) is 11.1 Å². The predicted molar refractivity (Wildman–Crippen MR) is 76.1 cm³/mol. The van der Waals surface area contributed by atoms with Crippen LogP contribution >= 0.6 is 34.8 Å². The van der Waals surface area contributed by atoms with E-state index in [1.54, 1.807) is 0 Å². The number of carboxylic acids is 1. The number of nitrogens with zero attached hydrogens (tertiary/aromatic N) is 1. The Labute approximate surface area is 123 Å². The summed E-state index contributed by atoms with van der Waals surface area (Å²) in [6.45, 7) is 0. The minimum absolute atomic E-state index is 0.00668. The summed E-state index contributed by atoms with van der Waals surface area (Å²) < 4.78 is 0. The Balaban J connectivity index is 2.72. The van der Waals surface area contributed by atoms with Gasteiger partial charge in [-0.2, -0.15) is 0 Å². The molecule has 2 rings (SSSR count). The zero-order chi connectivity index (χ0) is 14.2. The molecule has 0 amide bonds. The first-order valence-corrected chi connectivity index (χ1v) is 6.17. The lowest BCUT2D eigenvalue weighted by atomic mass is 10.0. The molecule has 7 heteroatoms. The molecule has 0 aliphatic heterocycles. The molecule has 0 saturated carbocycles. The highest BCUT2D eigenvalue weighted by Crippen LogP contribution is 2.36. The fourth-order valence-electron chi connectivity index (χ4n) is 1.59. The van der Waals surface area contributed by atoms with Crippen molar-refractivity contribution >= 4 is 46.6 Å². The van der Waals surface area contributed by atoms with Gasteiger partial charge in [-0.05, 0) is 18.2 Å². The maximum atomic E-state index is 11.2. The quantitative estimate of drug-likeness (QED) is 0.821. The van der Waals surface area contributed by atoms with Gasteiger partial charge in [-0.25, -0.2) is 9.78 Å². The largest absolute Gasteiger partial charge is 0.478 e. The fraction of sp³-hybridized carbons (Fsp3) is 0. The summed E-state index contributed by atoms with van der Waals surface area (Å²) in [7, 11) is 0. The number of benzene rings is 1. The van der Waals surface area contributed by atoms with Gasteiger partial charge in [0.05, 0.1) is 20.6 Å². The Morgan fingerprint density at radius 3 is 2.32 bits per heavy atom. The Morgan fingerprint density at radius 2 is 1.68 bits per heavy atom. The second-order valence-corrected chi connectivity index (χ2v) is 4.93. The van der Waals surface area contributed by atoms with E-state index in [2.05, 4.69) is 4.98 Å². The van der Waals surface area contributed by atoms with E-state index in [9.17, 15) is 9.90 Å². The van der Waals surface area contributed by atoms with Crippen LogP contribution in [0.25, 0.3) is 11.1 Å². The predicted octanol–water partition coefficient (Wildman–Crippen LogP) is 3.99. The standard InChI is InChI=1S/C12H7Cl3N2O2/c13-8-3-10(15)9(14)1-5(8)7-4-17-11(16)2-6(7)12(18)19/h1-4H,(H2,16,17)(H,18,19). The number of carboxylic acid groups (broad SMARTS) is 1. The molecule has 0 atom stereocenters. The number of nitrogen functional groups attached to an aromatic ring is 1. The lowest BCUT2D eigenvalue weighted by Gasteiger charge is -2.10. The normalized spacial score (nSPS) is 10.5. The van der Waals surface area contributed by atoms with Gasteiger partial charge in [0.15, 0.2) is 0 Å². The van der Waals surface area contributed by atoms with Crippen LogP contribution in [0.2, 0.25) is 15.1 Å². The molecule has 0 radical (unpaired) electrons. The lowest BCUT2D eigenvalue weighted by Crippen LogP contribution is -2.03. The van der Waals surface area contributed by atoms with E-state index in [-0.39, 0.29) is 26.4 Å². The fourth-order valence-corrected chi connectivity index (χ4v) is 2.24. The van der Waals surface area contributed by atoms with Gasteiger partial charge in [0.1, 0.15) is 5.82 Å². The maximum absolute atomic E-state index is 11.2. The number of aromatic carboxylic acids is 1. The van der Waals surface area contributed by atoms with Crippen LogP contribution < -0.4 is 5.73 Å². The molecular weight excluding hydrogens is 311 g/mol. The summed E-state index contributed by atoms with van der Waals surface area (Å²) in [6.07, 6.45) is 1.34. The molecule has 0 spiro atoms. The van der Waals surface area contributed by atoms with E-state index in [4.69, 9.17) is 40.5 Å². The van der Waals surface area contributed by atoms with Crippen LogP contribution in [0.15, 0.2) is 24.4 Å². The van der Waals surface area contributed by atoms with Crippen LogP contribution in [0, 0.1) is 0 Å². The van der Waals surface area contributed by atoms with Gasteiger partial charge in [0.2, 0.25) is 0 Å². The third-order valence-electron chi connectivity index (χ3n) is 2.46. The highest BCUT2D eigenvalue weighted by Gasteiger charge is 2.16. The van der Waals surface area contributed by atoms with Crippen LogP contribution in [0.4, 0.5) is 5.82 Å². The zero-order valence-electron chi connectivity index (χ0n) is 9.32. The molecule has 1 aromatic heterocycles. The van der Waals surface area contributed by atoms with Crippen molar-refractivity contribution in [2.24, 2.45) is 0 Å². The van der Waals surface area contributed by atoms with Crippen molar-refractivity contribution in [1.82, 2.24) is 4.98 Å². The summed E-state index contributed by atoms with van der Waals surface area (Å²) in [5.74, 6) is -1.02. The third-order valence-corrected chi connectivity index (χ3v) is 3.49. The molecule has 0 aliphatic rings. The summed E-state index contributed by atoms with van der Waals surface area (Å²) >= 11 is 17.8. The SMILES string of the molecule is Nc1cc(C(=O)O)c(-c2cc(Cl)c(Cl)cc2Cl)cn1. The molecule has 0 unspecified atom stereocenters. The van der Waals surface area contributed by atoms with Gasteiger partial charge in [-0.15, -0.1) is 0 Å². The van der Waals surface area contributed by atoms with Gasteiger partial charge in [0.25, 0.3) is 0 Å². The van der Waals surface area contributed by atoms with Crippen molar-refractivity contribution in [3.63, 3.8) is 0 Å². The van der Waals surface area contributed by atoms with Crippen molar-refractivity contribution in [3.05, 3.63) is 45.0 Å². The molecule has 2 aromatic rings. The lowest BCUT2D eigenvalue weighted by molar-refractivity contribution is 0.0697. The first-order chi connectivity index (χ1) is 8.90. The third kappa shape index (κ3) is 2.76. The van der Waals surface area contributed by atoms with E-state index in [0.29, 0.717) is 11.1 Å². The summed E-state index contributed by atoms with van der Waals surface area (Å²) in [4.78, 5) is 15.1. The molecule has 4 nitrogen and oxygen atoms in total. The van der Waals surface area contributed by atoms with Crippen LogP contribution in [0.1, 0.15) is 10.4 Å². The molecule has 0 saturated heterocycles. The van der Waals surface area contributed by atoms with Crippen LogP contribution in [-0.4, -0.2) is 16.1 Å². The van der Waals surface area contributed by atoms with Gasteiger partial charge >= 0.3 is 5.97 Å². The van der Waals surface area contributed by atoms with E-state index in [0.717, 1.165) is 0 Å². The molecule has 1 heterocycles. The molecular formula is C12H7Cl3N2O2. The van der Waals surface area contributed by atoms with Gasteiger partial charge in [-0.1, -0.05) is 34.8 Å². The number of hydrogen-bond donors (Lipinski definition) is 2. The minimum Gasteiger partial charge on any atom is -0.478 e. The minimum atomic E-state index is -1.13. The van der Waals surface area contributed by atoms with Crippen LogP contribution in [-0.2, 0) is 0 Å². The van der Waals surface area contributed by atoms with Gasteiger partial charge in [-0.3, -0.25) is 0 Å². The van der Waals surface area contributed by atoms with E-state index in [1.165, 1.54) is 24.4 Å². The molecule has 19 heavy (non-hydrogen) atoms. The first-order valence-electron chi connectivity index (χ1n) is 5.04. The van der Waals surface area contributed by atoms with Crippen molar-refractivity contribution < 1.29 is 9.90 Å². The van der Waals surface area contributed by atoms with E-state index >= 15 is 0 Å². The molecule has 0 fully saturated rings. The Kier molecular flexibility index (Phi) is 3.85. The number of halogens is 3. The summed E-state index contributed by atoms with van der Waals surface area (Å²) in [6, 6.07) is 4.20. The molecule has 1 aromatic carbocycles. The highest BCUT2D eigenvalue weighted by molar-refractivity contribution is 6.44. The number of pyridine rings is 1. The number of rotatable bonds is 2. The number of aromatic nitrogens is 1. The van der Waals surface area contributed by atoms with Crippen molar-refractivity contribution in [2.45, 2.75) is 0 Å². The number of anilines is 1. The topological polar surface area (TPSA) is 76.2 Å². The molecule has 3 N–H and O–H groups in total. The van der Waals surface area contributed by atoms with Gasteiger partial charge < -0.3 is 10.8 Å². The monoisotopic (exact) mass is 316 g/mol. The summed E-state index contributed by atoms with van der Waals surface area (Å²) in [5.41, 5.74) is 6.23. The van der Waals surface area contributed by atoms with Crippen molar-refractivity contribution in [2.75, 3.05) is 5.73 Å². The van der Waals surface area contributed by atoms with E-state index < -0.39 is 5.97 Å². The second kappa shape index (κ2) is 5.25. The maximum Gasteiger partial charge on any atom is 0.336 e. The molecule has 0 aliphatic carbocycles. The highest BCUT2D eigenvalue weighted by atomic mass is 35.5. The second-order valence-electron chi connectivity index (χ2n) is 3.71. The Morgan fingerprint density at radius 1 is 1.05 bits per heavy atom. The summed E-state index contributed by atoms with van der Waals surface area (Å²) in [5, 5.41) is 10.0. The van der Waals surface area contributed by atoms with Crippen molar-refractivity contribution in [1.29, 1.82) is 0 Å². The number of nitrogens with two attached hydrogens (primary N) is 1. The van der Waals surface area contributed by atoms with E-state index in [1.807, 2.05) is 0 Å². The Hall–Kier alpha value is -1.49. The zero-order valence-corrected chi connectivity index (χ0v) is 11.6. The van der Waals surface area contributed by atoms with Crippen LogP contribution in [0.5, 0.6) is 0 Å². The van der Waals surface area contributed by atoms with Gasteiger partial charge in [0, 0.05) is 17.3 Å². The molecule has 0 bridgehead atoms. The molecule has 98 valence electrons. The number of hydrogen-bond acceptors (Lipinski definition) is 3. The average Bonchev–Trinajstić information content (AvgIpc) is 2.34. The average molecular weight is 318 g/mol. The van der Waals surface area contributed by atoms with Crippen LogP contribution in [0.3, 0.4) is 0 Å². The smallest absolute Gasteiger partial charge is 0.336 e. The number of carbonyl (C=O) groups is 1. The Bertz CT molecular complexity index is 674.